The van der Waals surface area contributed by atoms with E-state index in [0.717, 1.165) is 29.1 Å². The molecule has 1 aromatic heterocycles. The highest BCUT2D eigenvalue weighted by Crippen LogP contribution is 2.20. The fraction of sp³-hybridized carbons (Fsp3) is 0.457. The number of aromatic nitrogens is 1. The summed E-state index contributed by atoms with van der Waals surface area (Å²) in [5, 5.41) is 21.4. The van der Waals surface area contributed by atoms with Crippen molar-refractivity contribution >= 4 is 40.9 Å². The first-order valence-electron chi connectivity index (χ1n) is 16.1. The maximum atomic E-state index is 13.8. The Kier molecular flexibility index (Phi) is 14.4. The molecule has 0 bridgehead atoms. The summed E-state index contributed by atoms with van der Waals surface area (Å²) in [6.07, 6.45) is -0.0193. The van der Waals surface area contributed by atoms with Gasteiger partial charge in [0.1, 0.15) is 24.3 Å². The van der Waals surface area contributed by atoms with Gasteiger partial charge in [-0.3, -0.25) is 9.59 Å². The van der Waals surface area contributed by atoms with Crippen LogP contribution in [0.15, 0.2) is 60.8 Å². The third-order valence-electron chi connectivity index (χ3n) is 7.38. The first kappa shape index (κ1) is 38.3. The van der Waals surface area contributed by atoms with E-state index in [1.807, 2.05) is 54.6 Å². The van der Waals surface area contributed by atoms with Crippen LogP contribution in [-0.2, 0) is 41.6 Å². The van der Waals surface area contributed by atoms with Gasteiger partial charge in [-0.15, -0.1) is 0 Å². The zero-order valence-corrected chi connectivity index (χ0v) is 28.5. The second-order valence-corrected chi connectivity index (χ2v) is 12.6. The molecule has 0 aliphatic rings. The molecule has 6 N–H and O–H groups in total. The fourth-order valence-corrected chi connectivity index (χ4v) is 4.92. The number of carbonyl (C=O) groups is 5. The lowest BCUT2D eigenvalue weighted by Crippen LogP contribution is -2.58. The number of aliphatic hydroxyl groups is 1. The molecule has 4 atom stereocenters. The topological polar surface area (TPSA) is 197 Å². The number of hydrogen-bond donors (Lipinski definition) is 6. The normalized spacial score (nSPS) is 13.7. The number of alkyl carbamates (subject to hydrolysis) is 2. The lowest BCUT2D eigenvalue weighted by Gasteiger charge is -2.26. The van der Waals surface area contributed by atoms with Crippen molar-refractivity contribution in [2.24, 2.45) is 0 Å². The largest absolute Gasteiger partial charge is 0.467 e. The molecule has 1 heterocycles. The summed E-state index contributed by atoms with van der Waals surface area (Å²) in [5.41, 5.74) is 1.60. The van der Waals surface area contributed by atoms with Crippen molar-refractivity contribution in [1.82, 2.24) is 26.3 Å². The van der Waals surface area contributed by atoms with Crippen LogP contribution in [0.5, 0.6) is 0 Å². The lowest BCUT2D eigenvalue weighted by molar-refractivity contribution is -0.148. The van der Waals surface area contributed by atoms with E-state index in [9.17, 15) is 29.1 Å². The number of methoxy groups -OCH3 is 1. The number of carbonyl (C=O) groups excluding carboxylic acids is 5. The molecule has 49 heavy (non-hydrogen) atoms. The molecule has 0 unspecified atom stereocenters. The van der Waals surface area contributed by atoms with Crippen molar-refractivity contribution in [2.75, 3.05) is 13.7 Å². The summed E-state index contributed by atoms with van der Waals surface area (Å²) in [5.74, 6) is -2.29. The lowest BCUT2D eigenvalue weighted by atomic mass is 10.0. The van der Waals surface area contributed by atoms with Crippen LogP contribution in [0.25, 0.3) is 10.9 Å². The minimum atomic E-state index is -1.39. The highest BCUT2D eigenvalue weighted by Gasteiger charge is 2.33. The van der Waals surface area contributed by atoms with Gasteiger partial charge in [0.25, 0.3) is 0 Å². The van der Waals surface area contributed by atoms with Gasteiger partial charge in [0, 0.05) is 30.1 Å². The molecule has 14 heteroatoms. The maximum absolute atomic E-state index is 13.8. The van der Waals surface area contributed by atoms with E-state index in [-0.39, 0.29) is 26.0 Å². The zero-order valence-electron chi connectivity index (χ0n) is 28.5. The van der Waals surface area contributed by atoms with E-state index < -0.39 is 59.8 Å². The molecule has 3 aromatic rings. The molecule has 3 rings (SSSR count). The molecule has 0 saturated heterocycles. The van der Waals surface area contributed by atoms with Crippen molar-refractivity contribution in [3.05, 3.63) is 71.9 Å². The van der Waals surface area contributed by atoms with Crippen molar-refractivity contribution in [1.29, 1.82) is 0 Å². The second-order valence-electron chi connectivity index (χ2n) is 12.6. The fourth-order valence-electron chi connectivity index (χ4n) is 4.92. The van der Waals surface area contributed by atoms with E-state index in [2.05, 4.69) is 26.3 Å². The van der Waals surface area contributed by atoms with Gasteiger partial charge in [-0.05, 0) is 64.2 Å². The van der Waals surface area contributed by atoms with Gasteiger partial charge < -0.3 is 45.6 Å². The van der Waals surface area contributed by atoms with Crippen LogP contribution in [0.4, 0.5) is 9.59 Å². The molecule has 0 spiro atoms. The predicted octanol–water partition coefficient (Wildman–Crippen LogP) is 3.22. The highest BCUT2D eigenvalue weighted by molar-refractivity contribution is 5.94. The number of H-pyrrole nitrogens is 1. The van der Waals surface area contributed by atoms with E-state index in [0.29, 0.717) is 12.8 Å². The van der Waals surface area contributed by atoms with Crippen LogP contribution < -0.4 is 21.3 Å². The monoisotopic (exact) mass is 681 g/mol. The maximum Gasteiger partial charge on any atom is 0.408 e. The van der Waals surface area contributed by atoms with Gasteiger partial charge in [-0.1, -0.05) is 48.5 Å². The van der Waals surface area contributed by atoms with E-state index >= 15 is 0 Å². The number of unbranched alkanes of at least 4 members (excludes halogenated alkanes) is 1. The first-order chi connectivity index (χ1) is 23.3. The first-order valence-corrected chi connectivity index (χ1v) is 16.1. The number of amides is 4. The van der Waals surface area contributed by atoms with Crippen molar-refractivity contribution in [3.63, 3.8) is 0 Å². The Morgan fingerprint density at radius 3 is 2.20 bits per heavy atom. The molecule has 4 amide bonds. The second kappa shape index (κ2) is 18.4. The third-order valence-corrected chi connectivity index (χ3v) is 7.38. The van der Waals surface area contributed by atoms with Crippen LogP contribution in [-0.4, -0.2) is 83.5 Å². The minimum Gasteiger partial charge on any atom is -0.467 e. The van der Waals surface area contributed by atoms with Gasteiger partial charge in [0.2, 0.25) is 11.8 Å². The van der Waals surface area contributed by atoms with Gasteiger partial charge in [0.05, 0.1) is 13.2 Å². The number of esters is 1. The average molecular weight is 682 g/mol. The van der Waals surface area contributed by atoms with Crippen LogP contribution in [0.2, 0.25) is 0 Å². The van der Waals surface area contributed by atoms with Crippen molar-refractivity contribution in [3.8, 4) is 0 Å². The van der Waals surface area contributed by atoms with Gasteiger partial charge in [0.15, 0.2) is 6.04 Å². The van der Waals surface area contributed by atoms with Gasteiger partial charge in [-0.2, -0.15) is 0 Å². The van der Waals surface area contributed by atoms with Crippen LogP contribution >= 0.6 is 0 Å². The van der Waals surface area contributed by atoms with Gasteiger partial charge >= 0.3 is 18.2 Å². The smallest absolute Gasteiger partial charge is 0.408 e. The number of hydrogen-bond acceptors (Lipinski definition) is 9. The zero-order chi connectivity index (χ0) is 36.0. The molecule has 14 nitrogen and oxygen atoms in total. The molecule has 266 valence electrons. The molecule has 2 aromatic carbocycles. The van der Waals surface area contributed by atoms with Crippen molar-refractivity contribution < 1.29 is 43.3 Å². The Balaban J connectivity index is 1.72. The summed E-state index contributed by atoms with van der Waals surface area (Å²) in [6, 6.07) is 13.0. The van der Waals surface area contributed by atoms with Crippen molar-refractivity contribution in [2.45, 2.75) is 89.8 Å². The summed E-state index contributed by atoms with van der Waals surface area (Å²) >= 11 is 0. The number of ether oxygens (including phenoxy) is 3. The number of aromatic amines is 1. The Hall–Kier alpha value is -5.11. The number of aliphatic hydroxyl groups excluding tert-OH is 1. The Morgan fingerprint density at radius 1 is 0.857 bits per heavy atom. The molecule has 0 fully saturated rings. The third kappa shape index (κ3) is 12.8. The Morgan fingerprint density at radius 2 is 1.53 bits per heavy atom. The molecule has 0 saturated carbocycles. The molecule has 0 aliphatic heterocycles. The summed E-state index contributed by atoms with van der Waals surface area (Å²) in [6.45, 7) is 6.75. The van der Waals surface area contributed by atoms with Crippen LogP contribution in [0, 0.1) is 0 Å². The molecular formula is C35H47N5O9. The summed E-state index contributed by atoms with van der Waals surface area (Å²) in [4.78, 5) is 67.7. The van der Waals surface area contributed by atoms with Crippen LogP contribution in [0.3, 0.4) is 0 Å². The predicted molar refractivity (Wildman–Crippen MR) is 181 cm³/mol. The molecule has 0 radical (unpaired) electrons. The highest BCUT2D eigenvalue weighted by atomic mass is 16.6. The summed E-state index contributed by atoms with van der Waals surface area (Å²) < 4.78 is 15.3. The SMILES string of the molecule is COC(=O)[C@H](NC(=O)[C@H](CCCCNC(=O)OCc1ccccc1)NC(=O)[C@H](Cc1c[nH]c2ccccc12)NC(=O)OC(C)(C)C)[C@H](C)O. The number of fused-ring (bicyclic) bond motifs is 1. The minimum absolute atomic E-state index is 0.0664. The van der Waals surface area contributed by atoms with E-state index in [1.165, 1.54) is 6.92 Å². The van der Waals surface area contributed by atoms with E-state index in [1.54, 1.807) is 27.0 Å². The van der Waals surface area contributed by atoms with Crippen LogP contribution in [0.1, 0.15) is 58.1 Å². The average Bonchev–Trinajstić information content (AvgIpc) is 3.46. The molecular weight excluding hydrogens is 634 g/mol. The number of nitrogens with one attached hydrogen (secondary N) is 5. The Bertz CT molecular complexity index is 1550. The molecule has 0 aliphatic carbocycles. The quantitative estimate of drug-likeness (QED) is 0.0747. The standard InChI is InChI=1S/C35H47N5O9/c1-22(41)29(32(44)47-5)40-30(42)27(17-11-12-18-36-33(45)48-21-23-13-7-6-8-14-23)38-31(43)28(39-34(46)49-35(2,3)4)19-24-20-37-26-16-10-9-15-25(24)26/h6-10,13-16,20,22,27-29,37,41H,11-12,17-19,21H2,1-5H3,(H,36,45)(H,38,43)(H,39,46)(H,40,42)/t22-,27-,28-,29+/m0/s1. The van der Waals surface area contributed by atoms with E-state index in [4.69, 9.17) is 14.2 Å². The number of benzene rings is 2. The number of rotatable bonds is 16. The Labute approximate surface area is 285 Å². The van der Waals surface area contributed by atoms with Gasteiger partial charge in [-0.25, -0.2) is 14.4 Å². The number of para-hydroxylation sites is 1. The summed E-state index contributed by atoms with van der Waals surface area (Å²) in [7, 11) is 1.12.